The third-order valence-corrected chi connectivity index (χ3v) is 3.53. The molecule has 0 bridgehead atoms. The van der Waals surface area contributed by atoms with Crippen molar-refractivity contribution >= 4 is 17.8 Å². The molecule has 25 heavy (non-hydrogen) atoms. The van der Waals surface area contributed by atoms with E-state index in [1.165, 1.54) is 36.3 Å². The molecule has 0 aliphatic carbocycles. The predicted molar refractivity (Wildman–Crippen MR) is 91.1 cm³/mol. The first-order valence-corrected chi connectivity index (χ1v) is 7.59. The maximum Gasteiger partial charge on any atom is 0.339 e. The average molecular weight is 341 g/mol. The molecule has 2 rings (SSSR count). The van der Waals surface area contributed by atoms with Crippen LogP contribution >= 0.6 is 0 Å². The highest BCUT2D eigenvalue weighted by Crippen LogP contribution is 2.21. The van der Waals surface area contributed by atoms with E-state index in [9.17, 15) is 14.4 Å². The van der Waals surface area contributed by atoms with Crippen molar-refractivity contribution in [3.63, 3.8) is 0 Å². The molecule has 2 aromatic rings. The summed E-state index contributed by atoms with van der Waals surface area (Å²) in [4.78, 5) is 37.6. The van der Waals surface area contributed by atoms with Gasteiger partial charge in [0.25, 0.3) is 5.91 Å². The lowest BCUT2D eigenvalue weighted by Crippen LogP contribution is -2.31. The van der Waals surface area contributed by atoms with Crippen LogP contribution < -0.4 is 0 Å². The van der Waals surface area contributed by atoms with E-state index < -0.39 is 18.0 Å². The number of nitrogens with zero attached hydrogens (tertiary/aromatic N) is 1. The SMILES string of the molecule is COC(=O)c1ccc(C(=O)O[C@@H](C(=O)N(C)C)c2ccccc2)cc1. The van der Waals surface area contributed by atoms with Gasteiger partial charge < -0.3 is 14.4 Å². The highest BCUT2D eigenvalue weighted by Gasteiger charge is 2.27. The zero-order chi connectivity index (χ0) is 18.4. The predicted octanol–water partition coefficient (Wildman–Crippen LogP) is 2.46. The van der Waals surface area contributed by atoms with Gasteiger partial charge in [0.1, 0.15) is 0 Å². The number of ether oxygens (including phenoxy) is 2. The molecule has 0 radical (unpaired) electrons. The lowest BCUT2D eigenvalue weighted by Gasteiger charge is -2.21. The van der Waals surface area contributed by atoms with E-state index in [1.807, 2.05) is 6.07 Å². The van der Waals surface area contributed by atoms with Crippen molar-refractivity contribution in [2.45, 2.75) is 6.10 Å². The second-order valence-corrected chi connectivity index (χ2v) is 5.50. The van der Waals surface area contributed by atoms with Crippen molar-refractivity contribution < 1.29 is 23.9 Å². The quantitative estimate of drug-likeness (QED) is 0.781. The van der Waals surface area contributed by atoms with Gasteiger partial charge in [0.05, 0.1) is 18.2 Å². The van der Waals surface area contributed by atoms with Crippen molar-refractivity contribution in [1.29, 1.82) is 0 Å². The van der Waals surface area contributed by atoms with E-state index in [0.29, 0.717) is 11.1 Å². The molecule has 0 saturated carbocycles. The van der Waals surface area contributed by atoms with Crippen LogP contribution in [0, 0.1) is 0 Å². The fourth-order valence-electron chi connectivity index (χ4n) is 2.16. The molecule has 1 amide bonds. The number of esters is 2. The van der Waals surface area contributed by atoms with Crippen molar-refractivity contribution in [2.24, 2.45) is 0 Å². The maximum absolute atomic E-state index is 12.4. The van der Waals surface area contributed by atoms with E-state index in [2.05, 4.69) is 4.74 Å². The summed E-state index contributed by atoms with van der Waals surface area (Å²) in [6.45, 7) is 0. The van der Waals surface area contributed by atoms with E-state index in [4.69, 9.17) is 4.74 Å². The molecule has 0 spiro atoms. The van der Waals surface area contributed by atoms with Crippen LogP contribution in [0.4, 0.5) is 0 Å². The minimum Gasteiger partial charge on any atom is -0.465 e. The minimum atomic E-state index is -1.04. The zero-order valence-electron chi connectivity index (χ0n) is 14.3. The summed E-state index contributed by atoms with van der Waals surface area (Å²) in [6, 6.07) is 14.6. The Kier molecular flexibility index (Phi) is 5.89. The molecular weight excluding hydrogens is 322 g/mol. The molecule has 1 atom stereocenters. The minimum absolute atomic E-state index is 0.236. The summed E-state index contributed by atoms with van der Waals surface area (Å²) in [5.41, 5.74) is 1.14. The Balaban J connectivity index is 2.22. The monoisotopic (exact) mass is 341 g/mol. The average Bonchev–Trinajstić information content (AvgIpc) is 2.65. The number of rotatable bonds is 5. The summed E-state index contributed by atoms with van der Waals surface area (Å²) in [5.74, 6) is -1.49. The number of hydrogen-bond donors (Lipinski definition) is 0. The molecular formula is C19H19NO5. The number of carbonyl (C=O) groups is 3. The number of methoxy groups -OCH3 is 1. The van der Waals surface area contributed by atoms with Gasteiger partial charge in [-0.1, -0.05) is 30.3 Å². The van der Waals surface area contributed by atoms with Crippen LogP contribution in [0.15, 0.2) is 54.6 Å². The fourth-order valence-corrected chi connectivity index (χ4v) is 2.16. The fraction of sp³-hybridized carbons (Fsp3) is 0.211. The van der Waals surface area contributed by atoms with Crippen LogP contribution in [0.5, 0.6) is 0 Å². The largest absolute Gasteiger partial charge is 0.465 e. The summed E-state index contributed by atoms with van der Waals surface area (Å²) in [6.07, 6.45) is -1.04. The Bertz CT molecular complexity index is 753. The zero-order valence-corrected chi connectivity index (χ0v) is 14.3. The highest BCUT2D eigenvalue weighted by atomic mass is 16.5. The molecule has 0 aliphatic rings. The highest BCUT2D eigenvalue weighted by molar-refractivity contribution is 5.94. The van der Waals surface area contributed by atoms with E-state index in [1.54, 1.807) is 38.4 Å². The lowest BCUT2D eigenvalue weighted by molar-refractivity contribution is -0.138. The summed E-state index contributed by atoms with van der Waals surface area (Å²) in [7, 11) is 4.47. The lowest BCUT2D eigenvalue weighted by atomic mass is 10.1. The first-order valence-electron chi connectivity index (χ1n) is 7.59. The third-order valence-electron chi connectivity index (χ3n) is 3.53. The number of likely N-dealkylation sites (N-methyl/N-ethyl adjacent to an activating group) is 1. The van der Waals surface area contributed by atoms with Crippen LogP contribution in [-0.2, 0) is 14.3 Å². The summed E-state index contributed by atoms with van der Waals surface area (Å²) < 4.78 is 10.0. The molecule has 2 aromatic carbocycles. The maximum atomic E-state index is 12.4. The molecule has 0 heterocycles. The topological polar surface area (TPSA) is 72.9 Å². The molecule has 130 valence electrons. The normalized spacial score (nSPS) is 11.3. The molecule has 6 nitrogen and oxygen atoms in total. The van der Waals surface area contributed by atoms with E-state index >= 15 is 0 Å². The Morgan fingerprint density at radius 1 is 0.840 bits per heavy atom. The van der Waals surface area contributed by atoms with Crippen molar-refractivity contribution in [1.82, 2.24) is 4.90 Å². The van der Waals surface area contributed by atoms with Gasteiger partial charge in [-0.15, -0.1) is 0 Å². The van der Waals surface area contributed by atoms with Gasteiger partial charge in [-0.25, -0.2) is 9.59 Å². The molecule has 0 aromatic heterocycles. The van der Waals surface area contributed by atoms with Crippen LogP contribution in [0.1, 0.15) is 32.4 Å². The first-order chi connectivity index (χ1) is 11.9. The Morgan fingerprint density at radius 2 is 1.36 bits per heavy atom. The summed E-state index contributed by atoms with van der Waals surface area (Å²) in [5, 5.41) is 0. The number of carbonyl (C=O) groups excluding carboxylic acids is 3. The van der Waals surface area contributed by atoms with Crippen LogP contribution in [-0.4, -0.2) is 44.0 Å². The standard InChI is InChI=1S/C19H19NO5/c1-20(2)17(21)16(13-7-5-4-6-8-13)25-19(23)15-11-9-14(10-12-15)18(22)24-3/h4-12,16H,1-3H3/t16-/m1/s1. The molecule has 6 heteroatoms. The van der Waals surface area contributed by atoms with Gasteiger partial charge in [-0.2, -0.15) is 0 Å². The van der Waals surface area contributed by atoms with Crippen LogP contribution in [0.2, 0.25) is 0 Å². The van der Waals surface area contributed by atoms with Crippen LogP contribution in [0.3, 0.4) is 0 Å². The molecule has 0 aliphatic heterocycles. The van der Waals surface area contributed by atoms with Gasteiger partial charge in [-0.3, -0.25) is 4.79 Å². The third kappa shape index (κ3) is 4.44. The van der Waals surface area contributed by atoms with Gasteiger partial charge >= 0.3 is 11.9 Å². The molecule has 0 saturated heterocycles. The Labute approximate surface area is 146 Å². The molecule has 0 fully saturated rings. The second kappa shape index (κ2) is 8.10. The van der Waals surface area contributed by atoms with E-state index in [0.717, 1.165) is 0 Å². The summed E-state index contributed by atoms with van der Waals surface area (Å²) >= 11 is 0. The second-order valence-electron chi connectivity index (χ2n) is 5.50. The van der Waals surface area contributed by atoms with Gasteiger partial charge in [0, 0.05) is 19.7 Å². The Morgan fingerprint density at radius 3 is 1.84 bits per heavy atom. The van der Waals surface area contributed by atoms with Crippen molar-refractivity contribution in [3.8, 4) is 0 Å². The van der Waals surface area contributed by atoms with Crippen molar-refractivity contribution in [2.75, 3.05) is 21.2 Å². The van der Waals surface area contributed by atoms with E-state index in [-0.39, 0.29) is 11.5 Å². The van der Waals surface area contributed by atoms with Crippen molar-refractivity contribution in [3.05, 3.63) is 71.3 Å². The first kappa shape index (κ1) is 18.2. The van der Waals surface area contributed by atoms with Gasteiger partial charge in [0.15, 0.2) is 0 Å². The smallest absolute Gasteiger partial charge is 0.339 e. The van der Waals surface area contributed by atoms with Gasteiger partial charge in [-0.05, 0) is 24.3 Å². The molecule has 0 unspecified atom stereocenters. The number of hydrogen-bond acceptors (Lipinski definition) is 5. The van der Waals surface area contributed by atoms with Gasteiger partial charge in [0.2, 0.25) is 6.10 Å². The number of amides is 1. The molecule has 0 N–H and O–H groups in total. The van der Waals surface area contributed by atoms with Crippen LogP contribution in [0.25, 0.3) is 0 Å². The number of benzene rings is 2. The Hall–Kier alpha value is -3.15.